The number of ether oxygens (including phenoxy) is 1. The zero-order chi connectivity index (χ0) is 14.7. The maximum atomic E-state index is 11.3. The van der Waals surface area contributed by atoms with Gasteiger partial charge in [-0.05, 0) is 24.6 Å². The average Bonchev–Trinajstić information content (AvgIpc) is 2.76. The second kappa shape index (κ2) is 5.89. The fraction of sp³-hybridized carbons (Fsp3) is 0.385. The molecule has 2 rings (SSSR count). The van der Waals surface area contributed by atoms with Gasteiger partial charge in [-0.3, -0.25) is 4.79 Å². The van der Waals surface area contributed by atoms with E-state index in [2.05, 4.69) is 4.98 Å². The minimum absolute atomic E-state index is 0.0266. The van der Waals surface area contributed by atoms with Crippen molar-refractivity contribution in [2.75, 3.05) is 12.3 Å². The molecule has 108 valence electrons. The first kappa shape index (κ1) is 14.3. The van der Waals surface area contributed by atoms with E-state index in [4.69, 9.17) is 14.9 Å². The van der Waals surface area contributed by atoms with Crippen molar-refractivity contribution in [2.45, 2.75) is 25.6 Å². The summed E-state index contributed by atoms with van der Waals surface area (Å²) in [6, 6.07) is 4.74. The van der Waals surface area contributed by atoms with Crippen LogP contribution in [-0.2, 0) is 9.53 Å². The van der Waals surface area contributed by atoms with E-state index >= 15 is 0 Å². The number of hydrogen-bond donors (Lipinski definition) is 3. The number of nitrogens with zero attached hydrogens (tertiary/aromatic N) is 1. The number of oxazole rings is 1. The van der Waals surface area contributed by atoms with Crippen LogP contribution in [0.15, 0.2) is 22.6 Å². The molecule has 0 aliphatic heterocycles. The number of aromatic nitrogens is 1. The first-order chi connectivity index (χ1) is 9.51. The zero-order valence-corrected chi connectivity index (χ0v) is 10.9. The number of aliphatic hydroxyl groups excluding tert-OH is 2. The number of carbonyl (C=O) groups excluding carboxylic acids is 1. The summed E-state index contributed by atoms with van der Waals surface area (Å²) in [6.07, 6.45) is -2.76. The first-order valence-corrected chi connectivity index (χ1v) is 6.19. The molecule has 0 saturated carbocycles. The molecule has 0 aliphatic rings. The Morgan fingerprint density at radius 1 is 1.50 bits per heavy atom. The van der Waals surface area contributed by atoms with E-state index < -0.39 is 18.2 Å². The molecule has 0 saturated heterocycles. The number of carbonyl (C=O) groups is 1. The van der Waals surface area contributed by atoms with Gasteiger partial charge in [0, 0.05) is 0 Å². The number of anilines is 1. The van der Waals surface area contributed by atoms with Gasteiger partial charge in [0.1, 0.15) is 11.6 Å². The van der Waals surface area contributed by atoms with E-state index in [1.54, 1.807) is 25.1 Å². The van der Waals surface area contributed by atoms with Gasteiger partial charge in [0.15, 0.2) is 5.58 Å². The molecule has 1 aromatic heterocycles. The third-order valence-corrected chi connectivity index (χ3v) is 2.82. The first-order valence-electron chi connectivity index (χ1n) is 6.19. The van der Waals surface area contributed by atoms with Gasteiger partial charge >= 0.3 is 5.97 Å². The molecule has 1 aromatic carbocycles. The van der Waals surface area contributed by atoms with Crippen molar-refractivity contribution in [3.05, 3.63) is 23.8 Å². The van der Waals surface area contributed by atoms with E-state index in [-0.39, 0.29) is 19.0 Å². The van der Waals surface area contributed by atoms with E-state index in [1.807, 2.05) is 0 Å². The average molecular weight is 280 g/mol. The molecule has 0 spiro atoms. The molecule has 0 bridgehead atoms. The molecule has 2 aromatic rings. The van der Waals surface area contributed by atoms with Crippen LogP contribution in [0.1, 0.15) is 25.0 Å². The predicted octanol–water partition coefficient (Wildman–Crippen LogP) is 0.758. The quantitative estimate of drug-likeness (QED) is 0.691. The molecule has 2 atom stereocenters. The van der Waals surface area contributed by atoms with Gasteiger partial charge in [-0.15, -0.1) is 0 Å². The fourth-order valence-corrected chi connectivity index (χ4v) is 1.87. The number of fused-ring (bicyclic) bond motifs is 1. The van der Waals surface area contributed by atoms with E-state index in [0.717, 1.165) is 0 Å². The number of benzene rings is 1. The monoisotopic (exact) mass is 280 g/mol. The summed E-state index contributed by atoms with van der Waals surface area (Å²) < 4.78 is 9.83. The van der Waals surface area contributed by atoms with Gasteiger partial charge in [-0.2, -0.15) is 4.98 Å². The van der Waals surface area contributed by atoms with Crippen LogP contribution in [0.2, 0.25) is 0 Å². The van der Waals surface area contributed by atoms with Gasteiger partial charge in [0.25, 0.3) is 6.01 Å². The number of nitrogens with two attached hydrogens (primary N) is 1. The van der Waals surface area contributed by atoms with E-state index in [1.165, 1.54) is 0 Å². The van der Waals surface area contributed by atoms with Crippen LogP contribution < -0.4 is 5.73 Å². The molecule has 0 aliphatic carbocycles. The topological polar surface area (TPSA) is 119 Å². The van der Waals surface area contributed by atoms with Crippen molar-refractivity contribution in [3.63, 3.8) is 0 Å². The highest BCUT2D eigenvalue weighted by atomic mass is 16.5. The van der Waals surface area contributed by atoms with E-state index in [0.29, 0.717) is 16.7 Å². The van der Waals surface area contributed by atoms with Gasteiger partial charge < -0.3 is 25.1 Å². The van der Waals surface area contributed by atoms with Crippen LogP contribution in [0, 0.1) is 0 Å². The highest BCUT2D eigenvalue weighted by molar-refractivity contribution is 5.75. The molecule has 0 fully saturated rings. The minimum Gasteiger partial charge on any atom is -0.466 e. The van der Waals surface area contributed by atoms with Gasteiger partial charge in [0.05, 0.1) is 19.1 Å². The number of rotatable bonds is 5. The number of esters is 1. The lowest BCUT2D eigenvalue weighted by Gasteiger charge is -2.17. The number of hydrogen-bond acceptors (Lipinski definition) is 7. The van der Waals surface area contributed by atoms with Crippen molar-refractivity contribution in [3.8, 4) is 0 Å². The van der Waals surface area contributed by atoms with Crippen LogP contribution in [0.25, 0.3) is 11.1 Å². The van der Waals surface area contributed by atoms with Crippen molar-refractivity contribution < 1.29 is 24.2 Å². The Bertz CT molecular complexity index is 610. The van der Waals surface area contributed by atoms with Gasteiger partial charge in [-0.1, -0.05) is 6.07 Å². The second-order valence-electron chi connectivity index (χ2n) is 4.30. The Hall–Kier alpha value is -2.12. The molecule has 0 radical (unpaired) electrons. The SMILES string of the molecule is CCOC(=O)CC(O)C(O)c1ccc2oc(N)nc2c1. The van der Waals surface area contributed by atoms with Crippen LogP contribution in [-0.4, -0.2) is 33.9 Å². The predicted molar refractivity (Wildman–Crippen MR) is 70.6 cm³/mol. The Morgan fingerprint density at radius 2 is 2.25 bits per heavy atom. The smallest absolute Gasteiger partial charge is 0.308 e. The minimum atomic E-state index is -1.25. The molecule has 7 nitrogen and oxygen atoms in total. The lowest BCUT2D eigenvalue weighted by molar-refractivity contribution is -0.147. The summed E-state index contributed by atoms with van der Waals surface area (Å²) in [4.78, 5) is 15.2. The highest BCUT2D eigenvalue weighted by Crippen LogP contribution is 2.24. The zero-order valence-electron chi connectivity index (χ0n) is 10.9. The summed E-state index contributed by atoms with van der Waals surface area (Å²) >= 11 is 0. The van der Waals surface area contributed by atoms with Crippen LogP contribution in [0.3, 0.4) is 0 Å². The van der Waals surface area contributed by atoms with Crippen molar-refractivity contribution in [2.24, 2.45) is 0 Å². The molecule has 0 amide bonds. The summed E-state index contributed by atoms with van der Waals surface area (Å²) in [5.41, 5.74) is 6.80. The maximum Gasteiger partial charge on any atom is 0.308 e. The second-order valence-corrected chi connectivity index (χ2v) is 4.30. The van der Waals surface area contributed by atoms with Crippen LogP contribution in [0.5, 0.6) is 0 Å². The summed E-state index contributed by atoms with van der Waals surface area (Å²) in [7, 11) is 0. The van der Waals surface area contributed by atoms with Crippen LogP contribution >= 0.6 is 0 Å². The summed E-state index contributed by atoms with van der Waals surface area (Å²) in [6.45, 7) is 1.90. The fourth-order valence-electron chi connectivity index (χ4n) is 1.87. The van der Waals surface area contributed by atoms with Crippen LogP contribution in [0.4, 0.5) is 6.01 Å². The summed E-state index contributed by atoms with van der Waals surface area (Å²) in [5.74, 6) is -0.564. The molecule has 20 heavy (non-hydrogen) atoms. The lowest BCUT2D eigenvalue weighted by Crippen LogP contribution is -2.23. The third kappa shape index (κ3) is 3.06. The molecule has 2 unspecified atom stereocenters. The van der Waals surface area contributed by atoms with Crippen molar-refractivity contribution in [1.29, 1.82) is 0 Å². The number of aliphatic hydroxyl groups is 2. The Kier molecular flexibility index (Phi) is 4.21. The Balaban J connectivity index is 2.13. The number of nitrogen functional groups attached to an aromatic ring is 1. The molecule has 7 heteroatoms. The normalized spacial score (nSPS) is 14.2. The van der Waals surface area contributed by atoms with Crippen molar-refractivity contribution in [1.82, 2.24) is 4.98 Å². The third-order valence-electron chi connectivity index (χ3n) is 2.82. The van der Waals surface area contributed by atoms with Gasteiger partial charge in [-0.25, -0.2) is 0 Å². The Morgan fingerprint density at radius 3 is 2.95 bits per heavy atom. The molecular formula is C13H16N2O5. The molecule has 4 N–H and O–H groups in total. The Labute approximate surface area is 115 Å². The highest BCUT2D eigenvalue weighted by Gasteiger charge is 2.22. The van der Waals surface area contributed by atoms with Crippen molar-refractivity contribution >= 4 is 23.1 Å². The maximum absolute atomic E-state index is 11.3. The molecular weight excluding hydrogens is 264 g/mol. The van der Waals surface area contributed by atoms with E-state index in [9.17, 15) is 15.0 Å². The summed E-state index contributed by atoms with van der Waals surface area (Å²) in [5, 5.41) is 19.9. The molecule has 1 heterocycles. The largest absolute Gasteiger partial charge is 0.466 e. The van der Waals surface area contributed by atoms with Gasteiger partial charge in [0.2, 0.25) is 0 Å². The standard InChI is InChI=1S/C13H16N2O5/c1-2-19-11(17)6-9(16)12(18)7-3-4-10-8(5-7)15-13(14)20-10/h3-5,9,12,16,18H,2,6H2,1H3,(H2,14,15). The lowest BCUT2D eigenvalue weighted by atomic mass is 10.0.